The van der Waals surface area contributed by atoms with Crippen LogP contribution in [0.4, 0.5) is 15.8 Å². The molecule has 1 unspecified atom stereocenters. The fourth-order valence-electron chi connectivity index (χ4n) is 3.36. The van der Waals surface area contributed by atoms with Crippen molar-refractivity contribution >= 4 is 29.2 Å². The van der Waals surface area contributed by atoms with E-state index in [-0.39, 0.29) is 24.7 Å². The van der Waals surface area contributed by atoms with E-state index in [1.807, 2.05) is 0 Å². The molecule has 0 radical (unpaired) electrons. The lowest BCUT2D eigenvalue weighted by Crippen LogP contribution is -2.27. The van der Waals surface area contributed by atoms with E-state index in [0.29, 0.717) is 16.9 Å². The molecule has 146 valence electrons. The van der Waals surface area contributed by atoms with Crippen molar-refractivity contribution in [3.8, 4) is 0 Å². The molecule has 3 N–H and O–H groups in total. The van der Waals surface area contributed by atoms with E-state index in [4.69, 9.17) is 5.11 Å². The number of fused-ring (bicyclic) bond motifs is 1. The number of anilines is 2. The Bertz CT molecular complexity index is 955. The van der Waals surface area contributed by atoms with Crippen LogP contribution in [0.15, 0.2) is 42.5 Å². The van der Waals surface area contributed by atoms with Crippen LogP contribution in [0, 0.1) is 5.82 Å². The summed E-state index contributed by atoms with van der Waals surface area (Å²) >= 11 is 0. The molecule has 1 atom stereocenters. The van der Waals surface area contributed by atoms with Gasteiger partial charge in [-0.3, -0.25) is 14.4 Å². The highest BCUT2D eigenvalue weighted by molar-refractivity contribution is 6.06. The summed E-state index contributed by atoms with van der Waals surface area (Å²) in [5.74, 6) is -2.69. The number of carbonyl (C=O) groups is 3. The Morgan fingerprint density at radius 3 is 2.61 bits per heavy atom. The molecule has 0 aromatic heterocycles. The summed E-state index contributed by atoms with van der Waals surface area (Å²) in [6.07, 6.45) is -0.389. The minimum absolute atomic E-state index is 0.104. The Balaban J connectivity index is 1.76. The molecular formula is C21H21FN2O4. The molecule has 6 nitrogen and oxygen atoms in total. The van der Waals surface area contributed by atoms with E-state index in [2.05, 4.69) is 10.6 Å². The third-order valence-corrected chi connectivity index (χ3v) is 4.97. The number of carboxylic acid groups (broad SMARTS) is 1. The molecule has 28 heavy (non-hydrogen) atoms. The first-order valence-corrected chi connectivity index (χ1v) is 8.90. The number of hydrogen-bond donors (Lipinski definition) is 3. The van der Waals surface area contributed by atoms with Crippen LogP contribution >= 0.6 is 0 Å². The molecule has 2 amide bonds. The van der Waals surface area contributed by atoms with Crippen molar-refractivity contribution in [3.63, 3.8) is 0 Å². The number of halogens is 1. The molecule has 0 aliphatic carbocycles. The first-order chi connectivity index (χ1) is 13.2. The number of carbonyl (C=O) groups excluding carboxylic acids is 2. The van der Waals surface area contributed by atoms with Crippen molar-refractivity contribution < 1.29 is 23.9 Å². The van der Waals surface area contributed by atoms with Crippen molar-refractivity contribution in [1.82, 2.24) is 0 Å². The van der Waals surface area contributed by atoms with E-state index < -0.39 is 23.1 Å². The summed E-state index contributed by atoms with van der Waals surface area (Å²) in [6, 6.07) is 10.7. The van der Waals surface area contributed by atoms with Crippen LogP contribution in [-0.4, -0.2) is 22.9 Å². The van der Waals surface area contributed by atoms with Crippen molar-refractivity contribution in [1.29, 1.82) is 0 Å². The maximum Gasteiger partial charge on any atom is 0.303 e. The van der Waals surface area contributed by atoms with Crippen molar-refractivity contribution in [2.45, 2.75) is 38.0 Å². The molecule has 2 aromatic carbocycles. The highest BCUT2D eigenvalue weighted by Crippen LogP contribution is 2.38. The van der Waals surface area contributed by atoms with Crippen molar-refractivity contribution in [2.24, 2.45) is 0 Å². The van der Waals surface area contributed by atoms with Gasteiger partial charge in [-0.2, -0.15) is 0 Å². The lowest BCUT2D eigenvalue weighted by molar-refractivity contribution is -0.137. The zero-order valence-electron chi connectivity index (χ0n) is 15.6. The quantitative estimate of drug-likeness (QED) is 0.708. The molecule has 0 bridgehead atoms. The third-order valence-electron chi connectivity index (χ3n) is 4.97. The molecule has 0 saturated heterocycles. The minimum atomic E-state index is -1.06. The Morgan fingerprint density at radius 1 is 1.18 bits per heavy atom. The number of rotatable bonds is 6. The van der Waals surface area contributed by atoms with Gasteiger partial charge in [0.1, 0.15) is 5.82 Å². The summed E-state index contributed by atoms with van der Waals surface area (Å²) in [6.45, 7) is 3.60. The third kappa shape index (κ3) is 4.03. The summed E-state index contributed by atoms with van der Waals surface area (Å²) in [5, 5.41) is 14.7. The maximum atomic E-state index is 13.5. The Morgan fingerprint density at radius 2 is 1.93 bits per heavy atom. The van der Waals surface area contributed by atoms with E-state index in [9.17, 15) is 18.8 Å². The zero-order chi connectivity index (χ0) is 20.5. The SMILES string of the molecule is CC1(C)C(=O)Nc2ccc(NC(=O)CC(CC(=O)O)c3cccc(F)c3)cc21. The summed E-state index contributed by atoms with van der Waals surface area (Å²) < 4.78 is 13.5. The summed E-state index contributed by atoms with van der Waals surface area (Å²) in [7, 11) is 0. The van der Waals surface area contributed by atoms with E-state index in [1.165, 1.54) is 18.2 Å². The van der Waals surface area contributed by atoms with Gasteiger partial charge >= 0.3 is 5.97 Å². The lowest BCUT2D eigenvalue weighted by atomic mass is 9.86. The predicted octanol–water partition coefficient (Wildman–Crippen LogP) is 3.64. The number of nitrogens with one attached hydrogen (secondary N) is 2. The first-order valence-electron chi connectivity index (χ1n) is 8.90. The highest BCUT2D eigenvalue weighted by atomic mass is 19.1. The Kier molecular flexibility index (Phi) is 5.18. The van der Waals surface area contributed by atoms with Gasteiger partial charge in [0.25, 0.3) is 0 Å². The normalized spacial score (nSPS) is 15.5. The van der Waals surface area contributed by atoms with Crippen LogP contribution < -0.4 is 10.6 Å². The summed E-state index contributed by atoms with van der Waals surface area (Å²) in [4.78, 5) is 35.7. The Labute approximate surface area is 161 Å². The summed E-state index contributed by atoms with van der Waals surface area (Å²) in [5.41, 5.74) is 1.76. The molecule has 0 fully saturated rings. The standard InChI is InChI=1S/C21H21FN2O4/c1-21(2)16-11-15(6-7-17(16)24-20(21)28)23-18(25)9-13(10-19(26)27)12-4-3-5-14(22)8-12/h3-8,11,13H,9-10H2,1-2H3,(H,23,25)(H,24,28)(H,26,27). The molecule has 1 heterocycles. The van der Waals surface area contributed by atoms with Gasteiger partial charge in [0.15, 0.2) is 0 Å². The monoisotopic (exact) mass is 384 g/mol. The molecule has 7 heteroatoms. The van der Waals surface area contributed by atoms with E-state index in [1.54, 1.807) is 38.1 Å². The smallest absolute Gasteiger partial charge is 0.303 e. The largest absolute Gasteiger partial charge is 0.481 e. The van der Waals surface area contributed by atoms with Crippen LogP contribution in [0.5, 0.6) is 0 Å². The van der Waals surface area contributed by atoms with Gasteiger partial charge in [0.05, 0.1) is 11.8 Å². The van der Waals surface area contributed by atoms with Gasteiger partial charge in [0, 0.05) is 23.7 Å². The maximum absolute atomic E-state index is 13.5. The van der Waals surface area contributed by atoms with Crippen LogP contribution in [-0.2, 0) is 19.8 Å². The van der Waals surface area contributed by atoms with Gasteiger partial charge in [-0.05, 0) is 55.3 Å². The topological polar surface area (TPSA) is 95.5 Å². The molecule has 0 spiro atoms. The Hall–Kier alpha value is -3.22. The first kappa shape index (κ1) is 19.5. The zero-order valence-corrected chi connectivity index (χ0v) is 15.6. The second-order valence-electron chi connectivity index (χ2n) is 7.44. The number of amides is 2. The van der Waals surface area contributed by atoms with E-state index >= 15 is 0 Å². The van der Waals surface area contributed by atoms with Crippen LogP contribution in [0.3, 0.4) is 0 Å². The fourth-order valence-corrected chi connectivity index (χ4v) is 3.36. The molecule has 0 saturated carbocycles. The highest BCUT2D eigenvalue weighted by Gasteiger charge is 2.38. The van der Waals surface area contributed by atoms with Crippen LogP contribution in [0.25, 0.3) is 0 Å². The number of carboxylic acids is 1. The van der Waals surface area contributed by atoms with Crippen LogP contribution in [0.1, 0.15) is 43.7 Å². The number of benzene rings is 2. The second kappa shape index (κ2) is 7.42. The molecule has 1 aliphatic heterocycles. The molecule has 1 aliphatic rings. The lowest BCUT2D eigenvalue weighted by Gasteiger charge is -2.17. The van der Waals surface area contributed by atoms with Crippen LogP contribution in [0.2, 0.25) is 0 Å². The average Bonchev–Trinajstić information content (AvgIpc) is 2.83. The molecular weight excluding hydrogens is 363 g/mol. The number of aliphatic carboxylic acids is 1. The van der Waals surface area contributed by atoms with Gasteiger partial charge < -0.3 is 15.7 Å². The van der Waals surface area contributed by atoms with Crippen molar-refractivity contribution in [3.05, 3.63) is 59.4 Å². The minimum Gasteiger partial charge on any atom is -0.481 e. The molecule has 2 aromatic rings. The van der Waals surface area contributed by atoms with Gasteiger partial charge in [0.2, 0.25) is 11.8 Å². The average molecular weight is 384 g/mol. The predicted molar refractivity (Wildman–Crippen MR) is 103 cm³/mol. The van der Waals surface area contributed by atoms with Crippen molar-refractivity contribution in [2.75, 3.05) is 10.6 Å². The second-order valence-corrected chi connectivity index (χ2v) is 7.44. The molecule has 3 rings (SSSR count). The number of hydrogen-bond acceptors (Lipinski definition) is 3. The van der Waals surface area contributed by atoms with Gasteiger partial charge in [-0.1, -0.05) is 12.1 Å². The van der Waals surface area contributed by atoms with Gasteiger partial charge in [-0.25, -0.2) is 4.39 Å². The van der Waals surface area contributed by atoms with Gasteiger partial charge in [-0.15, -0.1) is 0 Å². The van der Waals surface area contributed by atoms with E-state index in [0.717, 1.165) is 5.56 Å². The fraction of sp³-hybridized carbons (Fsp3) is 0.286.